The van der Waals surface area contributed by atoms with Crippen molar-refractivity contribution in [2.45, 2.75) is 79.7 Å². The van der Waals surface area contributed by atoms with Gasteiger partial charge in [-0.3, -0.25) is 4.90 Å². The summed E-state index contributed by atoms with van der Waals surface area (Å²) >= 11 is 0. The molecule has 9 nitrogen and oxygen atoms in total. The number of unbranched alkanes of at least 4 members (excludes halogenated alkanes) is 1. The Balaban J connectivity index is 1.14. The van der Waals surface area contributed by atoms with Crippen LogP contribution in [0.3, 0.4) is 0 Å². The fourth-order valence-electron chi connectivity index (χ4n) is 8.43. The number of aromatic nitrogens is 2. The highest BCUT2D eigenvalue weighted by Crippen LogP contribution is 2.28. The van der Waals surface area contributed by atoms with Crippen LogP contribution in [0.15, 0.2) is 110 Å². The van der Waals surface area contributed by atoms with Crippen molar-refractivity contribution >= 4 is 29.3 Å². The van der Waals surface area contributed by atoms with Crippen molar-refractivity contribution in [3.8, 4) is 0 Å². The van der Waals surface area contributed by atoms with E-state index in [2.05, 4.69) is 171 Å². The standard InChI is InChI=1S/C52H77N9/c1-15-22-50(41(10)53-18-4)59(14)44(13)51(37(6)16-2)47(17-3)56-26-20-19-25-54-38(7)35-61-31-29-60(30-32-61)28-21-27-55-42(11)52-39(8)49(58-43(52)12)34-45-40(9)57-48-24-23-36(5)33-46(45)48/h16-18,23-24,33-34,50,53-58H,2,4,7,9-11,13,15,19-22,25-32,35H2,1,3,5-6,8,12,14H3/b45-34+,47-17+,51-37+. The van der Waals surface area contributed by atoms with Crippen LogP contribution in [0, 0.1) is 20.8 Å². The molecule has 1 atom stereocenters. The minimum absolute atomic E-state index is 0.0954. The molecule has 9 heteroatoms. The van der Waals surface area contributed by atoms with E-state index in [9.17, 15) is 0 Å². The highest BCUT2D eigenvalue weighted by Gasteiger charge is 2.23. The molecule has 3 heterocycles. The second-order valence-corrected chi connectivity index (χ2v) is 16.6. The number of hydrogen-bond acceptors (Lipinski definition) is 7. The van der Waals surface area contributed by atoms with Gasteiger partial charge >= 0.3 is 0 Å². The number of likely N-dealkylation sites (N-methyl/N-ethyl adjacent to an activating group) is 1. The predicted molar refractivity (Wildman–Crippen MR) is 265 cm³/mol. The number of H-pyrrole nitrogens is 2. The van der Waals surface area contributed by atoms with Gasteiger partial charge in [-0.25, -0.2) is 0 Å². The molecular weight excluding hydrogens is 751 g/mol. The number of nitrogens with one attached hydrogen (secondary N) is 6. The van der Waals surface area contributed by atoms with Crippen LogP contribution in [0.25, 0.3) is 29.3 Å². The summed E-state index contributed by atoms with van der Waals surface area (Å²) < 4.78 is 0. The summed E-state index contributed by atoms with van der Waals surface area (Å²) in [5.41, 5.74) is 14.1. The molecule has 61 heavy (non-hydrogen) atoms. The number of hydrogen-bond donors (Lipinski definition) is 6. The van der Waals surface area contributed by atoms with E-state index in [1.165, 1.54) is 22.1 Å². The molecule has 6 N–H and O–H groups in total. The number of aryl methyl sites for hydroxylation is 2. The van der Waals surface area contributed by atoms with E-state index in [0.29, 0.717) is 0 Å². The van der Waals surface area contributed by atoms with Gasteiger partial charge in [0.1, 0.15) is 0 Å². The summed E-state index contributed by atoms with van der Waals surface area (Å²) in [5, 5.41) is 17.4. The van der Waals surface area contributed by atoms with Crippen molar-refractivity contribution in [2.75, 3.05) is 66.0 Å². The maximum absolute atomic E-state index is 4.53. The van der Waals surface area contributed by atoms with E-state index in [-0.39, 0.29) is 6.04 Å². The van der Waals surface area contributed by atoms with Crippen LogP contribution in [0.2, 0.25) is 0 Å². The van der Waals surface area contributed by atoms with Crippen LogP contribution < -0.4 is 31.8 Å². The summed E-state index contributed by atoms with van der Waals surface area (Å²) in [4.78, 5) is 14.4. The molecule has 1 aromatic carbocycles. The first-order chi connectivity index (χ1) is 29.2. The van der Waals surface area contributed by atoms with Crippen LogP contribution in [-0.4, -0.2) is 96.7 Å². The van der Waals surface area contributed by atoms with E-state index < -0.39 is 0 Å². The van der Waals surface area contributed by atoms with Gasteiger partial charge in [0, 0.05) is 132 Å². The number of piperazine rings is 1. The Morgan fingerprint density at radius 3 is 2.25 bits per heavy atom. The first-order valence-electron chi connectivity index (χ1n) is 22.2. The predicted octanol–water partition coefficient (Wildman–Crippen LogP) is 7.97. The molecule has 3 aromatic rings. The second kappa shape index (κ2) is 23.6. The molecule has 1 aliphatic rings. The molecule has 1 fully saturated rings. The van der Waals surface area contributed by atoms with E-state index in [1.807, 2.05) is 6.08 Å². The quantitative estimate of drug-likeness (QED) is 0.0362. The number of aromatic amines is 2. The SMILES string of the molecule is C=CNC(=C)C(CCC)N(C)C(=C)C(=C(/C)C=C)/C(=C\C)NCCCCNC(=C)CN1CCN(CCCNC(=C)c2c(C)[nH]c(/C=c3\c(=C)[nH]c4ccc(C)cc34)c2C)CC1. The Labute approximate surface area is 368 Å². The highest BCUT2D eigenvalue weighted by atomic mass is 15.3. The normalized spacial score (nSPS) is 14.9. The third kappa shape index (κ3) is 13.1. The van der Waals surface area contributed by atoms with Gasteiger partial charge in [0.25, 0.3) is 0 Å². The van der Waals surface area contributed by atoms with Crippen molar-refractivity contribution < 1.29 is 0 Å². The van der Waals surface area contributed by atoms with Crippen LogP contribution in [-0.2, 0) is 0 Å². The molecule has 1 unspecified atom stereocenters. The van der Waals surface area contributed by atoms with Gasteiger partial charge in [-0.15, -0.1) is 0 Å². The van der Waals surface area contributed by atoms with Gasteiger partial charge in [0.05, 0.1) is 6.04 Å². The second-order valence-electron chi connectivity index (χ2n) is 16.6. The van der Waals surface area contributed by atoms with Gasteiger partial charge in [0.2, 0.25) is 0 Å². The molecule has 0 aliphatic carbocycles. The van der Waals surface area contributed by atoms with Gasteiger partial charge in [-0.2, -0.15) is 0 Å². The van der Waals surface area contributed by atoms with Crippen LogP contribution in [0.1, 0.15) is 81.0 Å². The van der Waals surface area contributed by atoms with Crippen LogP contribution in [0.5, 0.6) is 0 Å². The first kappa shape index (κ1) is 48.3. The lowest BCUT2D eigenvalue weighted by Crippen LogP contribution is -2.48. The molecule has 1 saturated heterocycles. The molecule has 2 aromatic heterocycles. The van der Waals surface area contributed by atoms with Crippen molar-refractivity contribution in [2.24, 2.45) is 0 Å². The van der Waals surface area contributed by atoms with E-state index in [4.69, 9.17) is 0 Å². The summed E-state index contributed by atoms with van der Waals surface area (Å²) in [6.45, 7) is 51.4. The number of nitrogens with zero attached hydrogens (tertiary/aromatic N) is 3. The van der Waals surface area contributed by atoms with E-state index >= 15 is 0 Å². The summed E-state index contributed by atoms with van der Waals surface area (Å²) in [6.07, 6.45) is 13.1. The lowest BCUT2D eigenvalue weighted by molar-refractivity contribution is 0.138. The number of allylic oxidation sites excluding steroid dienone is 3. The number of rotatable bonds is 26. The fourth-order valence-corrected chi connectivity index (χ4v) is 8.43. The average Bonchev–Trinajstić information content (AvgIpc) is 3.70. The average molecular weight is 828 g/mol. The monoisotopic (exact) mass is 828 g/mol. The van der Waals surface area contributed by atoms with Gasteiger partial charge < -0.3 is 41.0 Å². The molecule has 0 spiro atoms. The first-order valence-corrected chi connectivity index (χ1v) is 22.2. The van der Waals surface area contributed by atoms with Gasteiger partial charge in [0.15, 0.2) is 0 Å². The Morgan fingerprint density at radius 2 is 1.59 bits per heavy atom. The van der Waals surface area contributed by atoms with E-state index in [0.717, 1.165) is 158 Å². The molecular formula is C52H77N9. The third-order valence-electron chi connectivity index (χ3n) is 12.0. The number of fused-ring (bicyclic) bond motifs is 1. The lowest BCUT2D eigenvalue weighted by Gasteiger charge is -2.35. The van der Waals surface area contributed by atoms with E-state index in [1.54, 1.807) is 6.20 Å². The van der Waals surface area contributed by atoms with Crippen molar-refractivity contribution in [3.63, 3.8) is 0 Å². The summed E-state index contributed by atoms with van der Waals surface area (Å²) in [6, 6.07) is 6.58. The Morgan fingerprint density at radius 1 is 0.918 bits per heavy atom. The minimum atomic E-state index is 0.0954. The maximum Gasteiger partial charge on any atom is 0.0682 e. The molecule has 0 amide bonds. The Hall–Kier alpha value is -5.38. The van der Waals surface area contributed by atoms with Crippen molar-refractivity contribution in [1.82, 2.24) is 45.9 Å². The van der Waals surface area contributed by atoms with Crippen molar-refractivity contribution in [3.05, 3.63) is 149 Å². The third-order valence-corrected chi connectivity index (χ3v) is 12.0. The summed E-state index contributed by atoms with van der Waals surface area (Å²) in [5.74, 6) is 0. The molecule has 0 saturated carbocycles. The minimum Gasteiger partial charge on any atom is -0.388 e. The fraction of sp³-hybridized carbons (Fsp3) is 0.423. The Bertz CT molecular complexity index is 2200. The van der Waals surface area contributed by atoms with Gasteiger partial charge in [-0.1, -0.05) is 83.2 Å². The zero-order valence-electron chi connectivity index (χ0n) is 38.8. The zero-order chi connectivity index (χ0) is 44.6. The molecule has 4 rings (SSSR count). The van der Waals surface area contributed by atoms with Crippen molar-refractivity contribution in [1.29, 1.82) is 0 Å². The largest absolute Gasteiger partial charge is 0.388 e. The lowest BCUT2D eigenvalue weighted by atomic mass is 9.99. The maximum atomic E-state index is 4.53. The topological polar surface area (TPSA) is 89.4 Å². The zero-order valence-corrected chi connectivity index (χ0v) is 38.8. The highest BCUT2D eigenvalue weighted by molar-refractivity contribution is 5.83. The van der Waals surface area contributed by atoms with Crippen LogP contribution in [0.4, 0.5) is 0 Å². The molecule has 330 valence electrons. The van der Waals surface area contributed by atoms with Gasteiger partial charge in [-0.05, 0) is 102 Å². The summed E-state index contributed by atoms with van der Waals surface area (Å²) in [7, 11) is 2.09. The molecule has 0 bridgehead atoms. The molecule has 0 radical (unpaired) electrons. The smallest absolute Gasteiger partial charge is 0.0682 e. The van der Waals surface area contributed by atoms with Crippen LogP contribution >= 0.6 is 0 Å². The molecule has 1 aliphatic heterocycles. The Kier molecular flexibility index (Phi) is 18.7. The number of benzene rings is 1.